The Morgan fingerprint density at radius 2 is 1.94 bits per heavy atom. The number of rotatable bonds is 6. The Hall–Kier alpha value is -3.84. The zero-order valence-electron chi connectivity index (χ0n) is 17.5. The number of benzene rings is 2. The number of carbonyl (C=O) groups is 1. The molecule has 0 fully saturated rings. The van der Waals surface area contributed by atoms with Gasteiger partial charge in [0.2, 0.25) is 5.91 Å². The summed E-state index contributed by atoms with van der Waals surface area (Å²) in [6, 6.07) is 12.1. The van der Waals surface area contributed by atoms with Crippen LogP contribution in [-0.4, -0.2) is 37.5 Å². The molecule has 0 saturated heterocycles. The molecule has 5 rings (SSSR count). The first-order chi connectivity index (χ1) is 16.8. The van der Waals surface area contributed by atoms with Gasteiger partial charge >= 0.3 is 6.36 Å². The number of carbonyl (C=O) groups excluding carboxylic acids is 1. The molecule has 0 aliphatic carbocycles. The Morgan fingerprint density at radius 3 is 2.66 bits per heavy atom. The van der Waals surface area contributed by atoms with E-state index in [-0.39, 0.29) is 28.0 Å². The van der Waals surface area contributed by atoms with Gasteiger partial charge in [0, 0.05) is 22.5 Å². The lowest BCUT2D eigenvalue weighted by Crippen LogP contribution is -2.23. The van der Waals surface area contributed by atoms with E-state index in [9.17, 15) is 22.8 Å². The minimum absolute atomic E-state index is 0.0743. The molecule has 1 amide bonds. The second-order valence-corrected chi connectivity index (χ2v) is 8.98. The highest BCUT2D eigenvalue weighted by Gasteiger charge is 2.31. The number of hydrogen-bond acceptors (Lipinski definition) is 7. The lowest BCUT2D eigenvalue weighted by molar-refractivity contribution is -0.274. The Bertz CT molecular complexity index is 1580. The Morgan fingerprint density at radius 1 is 1.17 bits per heavy atom. The Kier molecular flexibility index (Phi) is 5.94. The quantitative estimate of drug-likeness (QED) is 0.244. The highest BCUT2D eigenvalue weighted by Crippen LogP contribution is 2.28. The summed E-state index contributed by atoms with van der Waals surface area (Å²) in [4.78, 5) is 37.6. The van der Waals surface area contributed by atoms with E-state index in [0.717, 1.165) is 29.3 Å². The van der Waals surface area contributed by atoms with Crippen LogP contribution in [0.4, 0.5) is 18.3 Å². The van der Waals surface area contributed by atoms with Gasteiger partial charge in [-0.05, 0) is 30.3 Å². The number of thiazole rings is 1. The average molecular weight is 518 g/mol. The number of anilines is 1. The Labute approximate surface area is 202 Å². The molecule has 0 bridgehead atoms. The number of halogens is 3. The molecule has 5 aromatic rings. The van der Waals surface area contributed by atoms with Crippen molar-refractivity contribution in [2.45, 2.75) is 11.5 Å². The summed E-state index contributed by atoms with van der Waals surface area (Å²) in [6.07, 6.45) is -3.28. The van der Waals surface area contributed by atoms with Crippen LogP contribution in [-0.2, 0) is 4.79 Å². The summed E-state index contributed by atoms with van der Waals surface area (Å²) >= 11 is 2.28. The molecule has 0 aliphatic rings. The maximum absolute atomic E-state index is 13.5. The van der Waals surface area contributed by atoms with E-state index in [1.807, 2.05) is 18.2 Å². The number of nitrogens with zero attached hydrogens (tertiary/aromatic N) is 3. The van der Waals surface area contributed by atoms with Crippen LogP contribution in [0.15, 0.2) is 70.1 Å². The summed E-state index contributed by atoms with van der Waals surface area (Å²) in [7, 11) is 0. The highest BCUT2D eigenvalue weighted by molar-refractivity contribution is 7.99. The molecule has 3 heterocycles. The van der Waals surface area contributed by atoms with Crippen LogP contribution >= 0.6 is 23.1 Å². The first-order valence-electron chi connectivity index (χ1n) is 10.0. The monoisotopic (exact) mass is 517 g/mol. The number of amides is 1. The second-order valence-electron chi connectivity index (χ2n) is 7.14. The van der Waals surface area contributed by atoms with E-state index in [0.29, 0.717) is 16.2 Å². The molecule has 0 radical (unpaired) electrons. The number of aromatic amines is 1. The molecule has 0 unspecified atom stereocenters. The van der Waals surface area contributed by atoms with E-state index < -0.39 is 17.7 Å². The minimum atomic E-state index is -4.84. The maximum atomic E-state index is 13.5. The van der Waals surface area contributed by atoms with Crippen molar-refractivity contribution < 1.29 is 22.7 Å². The number of para-hydroxylation sites is 1. The molecule has 2 N–H and O–H groups in total. The SMILES string of the molecule is O=C(CSc1nc2c([nH]c3ccccc32)c(=O)n1-c1ccc(OC(F)(F)F)cc1)Nc1nccs1. The van der Waals surface area contributed by atoms with Crippen molar-refractivity contribution in [1.82, 2.24) is 19.5 Å². The number of nitrogens with one attached hydrogen (secondary N) is 2. The normalized spacial score (nSPS) is 11.7. The molecule has 0 atom stereocenters. The summed E-state index contributed by atoms with van der Waals surface area (Å²) in [6.45, 7) is 0. The fourth-order valence-electron chi connectivity index (χ4n) is 3.43. The molecule has 2 aromatic carbocycles. The number of thioether (sulfide) groups is 1. The van der Waals surface area contributed by atoms with Gasteiger partial charge in [-0.2, -0.15) is 0 Å². The van der Waals surface area contributed by atoms with Gasteiger partial charge in [-0.1, -0.05) is 30.0 Å². The fraction of sp³-hybridized carbons (Fsp3) is 0.0909. The molecule has 8 nitrogen and oxygen atoms in total. The predicted molar refractivity (Wildman–Crippen MR) is 127 cm³/mol. The zero-order chi connectivity index (χ0) is 24.6. The van der Waals surface area contributed by atoms with Crippen LogP contribution in [0.3, 0.4) is 0 Å². The molecule has 3 aromatic heterocycles. The smallest absolute Gasteiger partial charge is 0.406 e. The number of hydrogen-bond donors (Lipinski definition) is 2. The van der Waals surface area contributed by atoms with Crippen LogP contribution < -0.4 is 15.6 Å². The molecule has 0 aliphatic heterocycles. The molecule has 35 heavy (non-hydrogen) atoms. The molecule has 0 spiro atoms. The largest absolute Gasteiger partial charge is 0.573 e. The topological polar surface area (TPSA) is 102 Å². The third kappa shape index (κ3) is 4.86. The van der Waals surface area contributed by atoms with Gasteiger partial charge in [-0.3, -0.25) is 14.2 Å². The van der Waals surface area contributed by atoms with E-state index in [4.69, 9.17) is 0 Å². The van der Waals surface area contributed by atoms with Crippen LogP contribution in [0.2, 0.25) is 0 Å². The van der Waals surface area contributed by atoms with Crippen molar-refractivity contribution in [3.63, 3.8) is 0 Å². The predicted octanol–water partition coefficient (Wildman–Crippen LogP) is 4.95. The van der Waals surface area contributed by atoms with E-state index in [1.54, 1.807) is 17.6 Å². The zero-order valence-corrected chi connectivity index (χ0v) is 19.1. The summed E-state index contributed by atoms with van der Waals surface area (Å²) in [5.74, 6) is -0.848. The minimum Gasteiger partial charge on any atom is -0.406 e. The van der Waals surface area contributed by atoms with Gasteiger partial charge in [0.15, 0.2) is 10.3 Å². The van der Waals surface area contributed by atoms with Gasteiger partial charge in [-0.25, -0.2) is 9.97 Å². The maximum Gasteiger partial charge on any atom is 0.573 e. The third-order valence-corrected chi connectivity index (χ3v) is 6.46. The van der Waals surface area contributed by atoms with Crippen molar-refractivity contribution in [3.05, 3.63) is 70.5 Å². The van der Waals surface area contributed by atoms with Crippen LogP contribution in [0.25, 0.3) is 27.6 Å². The average Bonchev–Trinajstić information content (AvgIpc) is 3.45. The number of H-pyrrole nitrogens is 1. The number of fused-ring (bicyclic) bond motifs is 3. The number of aromatic nitrogens is 4. The first-order valence-corrected chi connectivity index (χ1v) is 11.9. The molecular weight excluding hydrogens is 503 g/mol. The van der Waals surface area contributed by atoms with Crippen molar-refractivity contribution in [1.29, 1.82) is 0 Å². The standard InChI is InChI=1S/C22H14F3N5O3S2/c23-22(24,25)33-13-7-5-12(6-8-13)30-19(32)18-17(14-3-1-2-4-15(14)27-18)29-21(30)35-11-16(31)28-20-26-9-10-34-20/h1-10,27H,11H2,(H,26,28,31). The lowest BCUT2D eigenvalue weighted by atomic mass is 10.2. The van der Waals surface area contributed by atoms with Crippen LogP contribution in [0.5, 0.6) is 5.75 Å². The number of alkyl halides is 3. The van der Waals surface area contributed by atoms with E-state index >= 15 is 0 Å². The molecule has 13 heteroatoms. The van der Waals surface area contributed by atoms with E-state index in [1.165, 1.54) is 28.0 Å². The molecule has 0 saturated carbocycles. The van der Waals surface area contributed by atoms with Gasteiger partial charge in [0.1, 0.15) is 16.8 Å². The van der Waals surface area contributed by atoms with Crippen molar-refractivity contribution in [2.24, 2.45) is 0 Å². The summed E-state index contributed by atoms with van der Waals surface area (Å²) in [5.41, 5.74) is 1.18. The number of ether oxygens (including phenoxy) is 1. The van der Waals surface area contributed by atoms with Gasteiger partial charge in [0.05, 0.1) is 11.4 Å². The molecular formula is C22H14F3N5O3S2. The Balaban J connectivity index is 1.56. The van der Waals surface area contributed by atoms with Crippen LogP contribution in [0, 0.1) is 0 Å². The fourth-order valence-corrected chi connectivity index (χ4v) is 4.79. The third-order valence-electron chi connectivity index (χ3n) is 4.83. The van der Waals surface area contributed by atoms with Crippen molar-refractivity contribution in [2.75, 3.05) is 11.1 Å². The van der Waals surface area contributed by atoms with Crippen molar-refractivity contribution in [3.8, 4) is 11.4 Å². The van der Waals surface area contributed by atoms with Crippen molar-refractivity contribution >= 4 is 56.1 Å². The van der Waals surface area contributed by atoms with Gasteiger partial charge < -0.3 is 15.0 Å². The highest BCUT2D eigenvalue weighted by atomic mass is 32.2. The van der Waals surface area contributed by atoms with Gasteiger partial charge in [-0.15, -0.1) is 24.5 Å². The second kappa shape index (κ2) is 9.07. The summed E-state index contributed by atoms with van der Waals surface area (Å²) in [5, 5.41) is 5.75. The van der Waals surface area contributed by atoms with Crippen LogP contribution in [0.1, 0.15) is 0 Å². The summed E-state index contributed by atoms with van der Waals surface area (Å²) < 4.78 is 42.8. The first kappa shape index (κ1) is 22.9. The lowest BCUT2D eigenvalue weighted by Gasteiger charge is -2.13. The van der Waals surface area contributed by atoms with Gasteiger partial charge in [0.25, 0.3) is 5.56 Å². The molecule has 178 valence electrons. The van der Waals surface area contributed by atoms with E-state index in [2.05, 4.69) is 25.0 Å².